The van der Waals surface area contributed by atoms with Gasteiger partial charge in [0.15, 0.2) is 5.82 Å². The zero-order valence-corrected chi connectivity index (χ0v) is 16.7. The average Bonchev–Trinajstić information content (AvgIpc) is 2.67. The minimum atomic E-state index is -4.55. The molecule has 0 radical (unpaired) electrons. The van der Waals surface area contributed by atoms with Gasteiger partial charge in [-0.2, -0.15) is 18.2 Å². The van der Waals surface area contributed by atoms with Crippen LogP contribution in [-0.4, -0.2) is 23.6 Å². The fourth-order valence-electron chi connectivity index (χ4n) is 2.87. The Hall–Kier alpha value is -2.31. The number of nitrogens with zero attached hydrogens (tertiary/aromatic N) is 3. The number of benzene rings is 1. The van der Waals surface area contributed by atoms with Crippen LogP contribution in [0.15, 0.2) is 30.5 Å². The molecule has 7 heteroatoms. The number of hydrogen-bond acceptors (Lipinski definition) is 4. The van der Waals surface area contributed by atoms with Gasteiger partial charge in [-0.25, -0.2) is 4.98 Å². The van der Waals surface area contributed by atoms with Crippen molar-refractivity contribution in [3.8, 4) is 6.01 Å². The Bertz CT molecular complexity index is 733. The van der Waals surface area contributed by atoms with Gasteiger partial charge in [0, 0.05) is 18.9 Å². The predicted molar refractivity (Wildman–Crippen MR) is 105 cm³/mol. The van der Waals surface area contributed by atoms with Crippen molar-refractivity contribution in [2.45, 2.75) is 58.5 Å². The van der Waals surface area contributed by atoms with E-state index in [1.165, 1.54) is 4.90 Å². The summed E-state index contributed by atoms with van der Waals surface area (Å²) < 4.78 is 45.9. The maximum absolute atomic E-state index is 13.5. The standard InChI is InChI=1S/C21H28F3N3O/c1-4-6-7-8-14-28-20-25-15-18(21(22,23)24)19(26-20)27(3)17-12-10-16(9-5-2)11-13-17/h10-13,15H,4-9,14H2,1-3H3. The Labute approximate surface area is 164 Å². The number of halogens is 3. The Morgan fingerprint density at radius 1 is 1.00 bits per heavy atom. The van der Waals surface area contributed by atoms with Crippen molar-refractivity contribution in [1.29, 1.82) is 0 Å². The summed E-state index contributed by atoms with van der Waals surface area (Å²) in [7, 11) is 1.57. The van der Waals surface area contributed by atoms with Gasteiger partial charge in [0.2, 0.25) is 0 Å². The molecule has 0 saturated carbocycles. The Kier molecular flexibility index (Phi) is 8.08. The second kappa shape index (κ2) is 10.3. The number of alkyl halides is 3. The molecule has 1 aromatic carbocycles. The lowest BCUT2D eigenvalue weighted by molar-refractivity contribution is -0.137. The SMILES string of the molecule is CCCCCCOc1ncc(C(F)(F)F)c(N(C)c2ccc(CCC)cc2)n1. The molecule has 2 aromatic rings. The third-order valence-corrected chi connectivity index (χ3v) is 4.46. The number of rotatable bonds is 10. The topological polar surface area (TPSA) is 38.2 Å². The van der Waals surface area contributed by atoms with Gasteiger partial charge < -0.3 is 9.64 Å². The van der Waals surface area contributed by atoms with E-state index in [-0.39, 0.29) is 11.8 Å². The number of ether oxygens (including phenoxy) is 1. The summed E-state index contributed by atoms with van der Waals surface area (Å²) in [4.78, 5) is 9.24. The lowest BCUT2D eigenvalue weighted by Gasteiger charge is -2.22. The molecule has 0 bridgehead atoms. The first-order valence-electron chi connectivity index (χ1n) is 9.76. The van der Waals surface area contributed by atoms with Gasteiger partial charge in [0.25, 0.3) is 0 Å². The van der Waals surface area contributed by atoms with Crippen LogP contribution >= 0.6 is 0 Å². The summed E-state index contributed by atoms with van der Waals surface area (Å²) >= 11 is 0. The van der Waals surface area contributed by atoms with Crippen LogP contribution in [0.2, 0.25) is 0 Å². The van der Waals surface area contributed by atoms with E-state index in [1.54, 1.807) is 19.2 Å². The van der Waals surface area contributed by atoms with Gasteiger partial charge >= 0.3 is 12.2 Å². The Morgan fingerprint density at radius 2 is 1.71 bits per heavy atom. The Morgan fingerprint density at radius 3 is 2.32 bits per heavy atom. The van der Waals surface area contributed by atoms with Crippen LogP contribution in [0.1, 0.15) is 57.1 Å². The zero-order valence-electron chi connectivity index (χ0n) is 16.7. The largest absolute Gasteiger partial charge is 0.463 e. The molecule has 1 heterocycles. The third-order valence-electron chi connectivity index (χ3n) is 4.46. The lowest BCUT2D eigenvalue weighted by atomic mass is 10.1. The van der Waals surface area contributed by atoms with E-state index in [1.807, 2.05) is 12.1 Å². The molecule has 28 heavy (non-hydrogen) atoms. The highest BCUT2D eigenvalue weighted by Gasteiger charge is 2.36. The van der Waals surface area contributed by atoms with Crippen LogP contribution in [-0.2, 0) is 12.6 Å². The van der Waals surface area contributed by atoms with Gasteiger partial charge in [-0.3, -0.25) is 0 Å². The monoisotopic (exact) mass is 395 g/mol. The maximum atomic E-state index is 13.5. The van der Waals surface area contributed by atoms with Gasteiger partial charge in [-0.1, -0.05) is 51.7 Å². The molecule has 0 aliphatic carbocycles. The normalized spacial score (nSPS) is 11.5. The summed E-state index contributed by atoms with van der Waals surface area (Å²) in [5.74, 6) is -0.214. The van der Waals surface area contributed by atoms with E-state index in [9.17, 15) is 13.2 Å². The second-order valence-corrected chi connectivity index (χ2v) is 6.77. The molecular formula is C21H28F3N3O. The van der Waals surface area contributed by atoms with Crippen LogP contribution < -0.4 is 9.64 Å². The molecule has 0 spiro atoms. The molecule has 0 aliphatic rings. The van der Waals surface area contributed by atoms with Crippen molar-refractivity contribution < 1.29 is 17.9 Å². The number of anilines is 2. The summed E-state index contributed by atoms with van der Waals surface area (Å²) in [5, 5.41) is 0. The fraction of sp³-hybridized carbons (Fsp3) is 0.524. The van der Waals surface area contributed by atoms with E-state index in [0.29, 0.717) is 12.3 Å². The van der Waals surface area contributed by atoms with Crippen molar-refractivity contribution in [3.05, 3.63) is 41.6 Å². The van der Waals surface area contributed by atoms with Crippen LogP contribution in [0.25, 0.3) is 0 Å². The summed E-state index contributed by atoms with van der Waals surface area (Å²) in [6.45, 7) is 4.58. The lowest BCUT2D eigenvalue weighted by Crippen LogP contribution is -2.19. The second-order valence-electron chi connectivity index (χ2n) is 6.77. The van der Waals surface area contributed by atoms with E-state index >= 15 is 0 Å². The smallest absolute Gasteiger partial charge is 0.421 e. The number of aromatic nitrogens is 2. The van der Waals surface area contributed by atoms with Crippen LogP contribution in [0.3, 0.4) is 0 Å². The molecule has 2 rings (SSSR count). The van der Waals surface area contributed by atoms with Gasteiger partial charge in [0.1, 0.15) is 5.56 Å². The fourth-order valence-corrected chi connectivity index (χ4v) is 2.87. The van der Waals surface area contributed by atoms with Gasteiger partial charge in [0.05, 0.1) is 6.61 Å². The quantitative estimate of drug-likeness (QED) is 0.451. The third kappa shape index (κ3) is 6.11. The molecule has 1 aromatic heterocycles. The van der Waals surface area contributed by atoms with Gasteiger partial charge in [-0.15, -0.1) is 0 Å². The molecule has 0 atom stereocenters. The van der Waals surface area contributed by atoms with E-state index < -0.39 is 11.7 Å². The first-order chi connectivity index (χ1) is 13.4. The highest BCUT2D eigenvalue weighted by Crippen LogP contribution is 2.37. The molecular weight excluding hydrogens is 367 g/mol. The van der Waals surface area contributed by atoms with Crippen LogP contribution in [0.4, 0.5) is 24.7 Å². The van der Waals surface area contributed by atoms with Crippen molar-refractivity contribution >= 4 is 11.5 Å². The highest BCUT2D eigenvalue weighted by atomic mass is 19.4. The van der Waals surface area contributed by atoms with E-state index in [4.69, 9.17) is 4.74 Å². The summed E-state index contributed by atoms with van der Waals surface area (Å²) in [6.07, 6.45) is 2.22. The van der Waals surface area contributed by atoms with Crippen molar-refractivity contribution in [3.63, 3.8) is 0 Å². The Balaban J connectivity index is 2.23. The van der Waals surface area contributed by atoms with Gasteiger partial charge in [-0.05, 0) is 30.5 Å². The molecule has 0 amide bonds. The number of aryl methyl sites for hydroxylation is 1. The van der Waals surface area contributed by atoms with Crippen LogP contribution in [0, 0.1) is 0 Å². The minimum Gasteiger partial charge on any atom is -0.463 e. The predicted octanol–water partition coefficient (Wildman–Crippen LogP) is 6.17. The van der Waals surface area contributed by atoms with Crippen LogP contribution in [0.5, 0.6) is 6.01 Å². The minimum absolute atomic E-state index is 0.0334. The van der Waals surface area contributed by atoms with Crippen molar-refractivity contribution in [2.75, 3.05) is 18.6 Å². The number of unbranched alkanes of at least 4 members (excludes halogenated alkanes) is 3. The first kappa shape index (κ1) is 22.0. The highest BCUT2D eigenvalue weighted by molar-refractivity contribution is 5.63. The zero-order chi connectivity index (χ0) is 20.6. The molecule has 4 nitrogen and oxygen atoms in total. The van der Waals surface area contributed by atoms with Crippen molar-refractivity contribution in [1.82, 2.24) is 9.97 Å². The molecule has 0 saturated heterocycles. The number of hydrogen-bond donors (Lipinski definition) is 0. The maximum Gasteiger partial charge on any atom is 0.421 e. The first-order valence-corrected chi connectivity index (χ1v) is 9.76. The molecule has 0 unspecified atom stereocenters. The summed E-state index contributed by atoms with van der Waals surface area (Å²) in [6, 6.07) is 7.43. The molecule has 0 aliphatic heterocycles. The molecule has 0 N–H and O–H groups in total. The van der Waals surface area contributed by atoms with E-state index in [2.05, 4.69) is 23.8 Å². The van der Waals surface area contributed by atoms with Crippen molar-refractivity contribution in [2.24, 2.45) is 0 Å². The summed E-state index contributed by atoms with van der Waals surface area (Å²) in [5.41, 5.74) is 0.887. The van der Waals surface area contributed by atoms with E-state index in [0.717, 1.165) is 50.3 Å². The molecule has 0 fully saturated rings. The average molecular weight is 395 g/mol. The molecule has 154 valence electrons.